The van der Waals surface area contributed by atoms with E-state index in [4.69, 9.17) is 0 Å². The van der Waals surface area contributed by atoms with E-state index in [0.29, 0.717) is 0 Å². The lowest BCUT2D eigenvalue weighted by molar-refractivity contribution is -0.627. The first-order valence-corrected chi connectivity index (χ1v) is 11.0. The predicted molar refractivity (Wildman–Crippen MR) is 114 cm³/mol. The highest BCUT2D eigenvalue weighted by molar-refractivity contribution is 7.80. The normalized spacial score (nSPS) is 11.7. The van der Waals surface area contributed by atoms with Crippen molar-refractivity contribution >= 4 is 59.4 Å². The van der Waals surface area contributed by atoms with Crippen molar-refractivity contribution in [3.05, 3.63) is 42.6 Å². The molecule has 2 aromatic heterocycles. The minimum absolute atomic E-state index is 0.808. The van der Waals surface area contributed by atoms with Gasteiger partial charge in [0, 0.05) is 23.7 Å². The molecule has 0 aliphatic rings. The maximum atomic E-state index is 9.22. The van der Waals surface area contributed by atoms with Crippen LogP contribution in [0.3, 0.4) is 0 Å². The highest BCUT2D eigenvalue weighted by Crippen LogP contribution is 2.30. The Balaban J connectivity index is 0.000000377. The van der Waals surface area contributed by atoms with Crippen LogP contribution in [0.25, 0.3) is 21.1 Å². The molecule has 10 nitrogen and oxygen atoms in total. The first-order valence-electron chi connectivity index (χ1n) is 8.83. The van der Waals surface area contributed by atoms with Gasteiger partial charge in [0.15, 0.2) is 0 Å². The molecule has 0 atom stereocenters. The number of aromatic nitrogens is 3. The molecule has 12 heteroatoms. The molecule has 2 N–H and O–H groups in total. The number of aromatic amines is 1. The third-order valence-corrected chi connectivity index (χ3v) is 5.57. The SMILES string of the molecule is CCNc1ccc(/N=N/c2sc3cc4cn[nH]c4cc3[n+]2C)cc1.COS(=O)(=O)[O-]. The van der Waals surface area contributed by atoms with Gasteiger partial charge in [-0.2, -0.15) is 5.10 Å². The number of aryl methyl sites for hydroxylation is 1. The number of rotatable bonds is 5. The van der Waals surface area contributed by atoms with E-state index in [0.717, 1.165) is 46.6 Å². The second kappa shape index (κ2) is 9.26. The molecule has 0 radical (unpaired) electrons. The summed E-state index contributed by atoms with van der Waals surface area (Å²) in [6.07, 6.45) is 1.83. The van der Waals surface area contributed by atoms with Crippen molar-refractivity contribution in [2.75, 3.05) is 19.0 Å². The fraction of sp³-hybridized carbons (Fsp3) is 0.222. The molecule has 0 saturated heterocycles. The van der Waals surface area contributed by atoms with Crippen LogP contribution in [0.15, 0.2) is 52.8 Å². The maximum Gasteiger partial charge on any atom is 0.409 e. The second-order valence-corrected chi connectivity index (χ2v) is 8.23. The van der Waals surface area contributed by atoms with Gasteiger partial charge < -0.3 is 9.87 Å². The van der Waals surface area contributed by atoms with Crippen LogP contribution in [0.1, 0.15) is 6.92 Å². The van der Waals surface area contributed by atoms with Gasteiger partial charge in [-0.1, -0.05) is 0 Å². The molecule has 30 heavy (non-hydrogen) atoms. The number of anilines is 1. The van der Waals surface area contributed by atoms with Crippen LogP contribution in [0.4, 0.5) is 16.5 Å². The maximum absolute atomic E-state index is 9.22. The molecule has 0 aliphatic heterocycles. The number of benzene rings is 2. The van der Waals surface area contributed by atoms with Crippen LogP contribution in [0, 0.1) is 0 Å². The summed E-state index contributed by atoms with van der Waals surface area (Å²) in [4.78, 5) is 0. The van der Waals surface area contributed by atoms with Gasteiger partial charge in [0.1, 0.15) is 11.2 Å². The minimum Gasteiger partial charge on any atom is -0.726 e. The Morgan fingerprint density at radius 2 is 1.97 bits per heavy atom. The Labute approximate surface area is 177 Å². The topological polar surface area (TPSA) is 136 Å². The number of azo groups is 1. The van der Waals surface area contributed by atoms with E-state index in [1.54, 1.807) is 11.3 Å². The molecule has 0 saturated carbocycles. The summed E-state index contributed by atoms with van der Waals surface area (Å²) in [5, 5.41) is 21.1. The van der Waals surface area contributed by atoms with Crippen molar-refractivity contribution in [1.29, 1.82) is 0 Å². The molecule has 2 aromatic carbocycles. The van der Waals surface area contributed by atoms with Crippen LogP contribution in [0.2, 0.25) is 0 Å². The molecular weight excluding hydrogens is 428 g/mol. The van der Waals surface area contributed by atoms with Gasteiger partial charge in [-0.15, -0.1) is 0 Å². The first kappa shape index (κ1) is 21.8. The smallest absolute Gasteiger partial charge is 0.409 e. The number of nitrogens with zero attached hydrogens (tertiary/aromatic N) is 4. The van der Waals surface area contributed by atoms with E-state index in [-0.39, 0.29) is 0 Å². The Hall–Kier alpha value is -2.93. The number of thiazole rings is 1. The van der Waals surface area contributed by atoms with E-state index in [9.17, 15) is 13.0 Å². The second-order valence-electron chi connectivity index (χ2n) is 6.07. The lowest BCUT2D eigenvalue weighted by Crippen LogP contribution is -2.25. The number of hydrogen-bond acceptors (Lipinski definition) is 9. The summed E-state index contributed by atoms with van der Waals surface area (Å²) in [6.45, 7) is 2.98. The average molecular weight is 449 g/mol. The van der Waals surface area contributed by atoms with E-state index < -0.39 is 10.4 Å². The fourth-order valence-electron chi connectivity index (χ4n) is 2.61. The van der Waals surface area contributed by atoms with Crippen molar-refractivity contribution in [3.63, 3.8) is 0 Å². The summed E-state index contributed by atoms with van der Waals surface area (Å²) in [5.41, 5.74) is 4.07. The Bertz CT molecular complexity index is 1280. The highest BCUT2D eigenvalue weighted by atomic mass is 32.3. The lowest BCUT2D eigenvalue weighted by Gasteiger charge is -2.00. The molecular formula is C18H20N6O4S2. The van der Waals surface area contributed by atoms with Gasteiger partial charge in [-0.05, 0) is 53.7 Å². The van der Waals surface area contributed by atoms with Crippen molar-refractivity contribution < 1.29 is 21.7 Å². The molecule has 158 valence electrons. The first-order chi connectivity index (χ1) is 14.3. The molecule has 0 spiro atoms. The Morgan fingerprint density at radius 3 is 2.60 bits per heavy atom. The average Bonchev–Trinajstić information content (AvgIpc) is 3.30. The van der Waals surface area contributed by atoms with Crippen molar-refractivity contribution in [1.82, 2.24) is 10.2 Å². The summed E-state index contributed by atoms with van der Waals surface area (Å²) in [6, 6.07) is 12.2. The van der Waals surface area contributed by atoms with Crippen molar-refractivity contribution in [3.8, 4) is 0 Å². The summed E-state index contributed by atoms with van der Waals surface area (Å²) >= 11 is 1.62. The van der Waals surface area contributed by atoms with E-state index in [1.807, 2.05) is 37.5 Å². The van der Waals surface area contributed by atoms with Gasteiger partial charge in [0.2, 0.25) is 10.4 Å². The number of nitrogens with one attached hydrogen (secondary N) is 2. The number of fused-ring (bicyclic) bond motifs is 2. The van der Waals surface area contributed by atoms with Gasteiger partial charge in [-0.3, -0.25) is 9.28 Å². The van der Waals surface area contributed by atoms with E-state index in [2.05, 4.69) is 53.5 Å². The summed E-state index contributed by atoms with van der Waals surface area (Å²) < 4.78 is 34.2. The van der Waals surface area contributed by atoms with E-state index >= 15 is 0 Å². The van der Waals surface area contributed by atoms with Gasteiger partial charge in [0.25, 0.3) is 0 Å². The summed E-state index contributed by atoms with van der Waals surface area (Å²) in [7, 11) is -1.60. The van der Waals surface area contributed by atoms with Crippen LogP contribution in [0.5, 0.6) is 0 Å². The van der Waals surface area contributed by atoms with Gasteiger partial charge in [0.05, 0.1) is 35.7 Å². The number of H-pyrrole nitrogens is 1. The van der Waals surface area contributed by atoms with Crippen LogP contribution >= 0.6 is 11.3 Å². The third-order valence-electron chi connectivity index (χ3n) is 4.07. The molecule has 0 amide bonds. The zero-order valence-corrected chi connectivity index (χ0v) is 18.1. The summed E-state index contributed by atoms with van der Waals surface area (Å²) in [5.74, 6) is 0. The molecule has 0 unspecified atom stereocenters. The van der Waals surface area contributed by atoms with Crippen LogP contribution < -0.4 is 9.88 Å². The minimum atomic E-state index is -4.41. The molecule has 4 aromatic rings. The molecule has 0 fully saturated rings. The highest BCUT2D eigenvalue weighted by Gasteiger charge is 2.17. The third kappa shape index (κ3) is 5.36. The molecule has 0 bridgehead atoms. The molecule has 0 aliphatic carbocycles. The standard InChI is InChI=1S/C17H16N6S.CH4O4S/c1-3-18-12-4-6-13(7-5-12)20-22-17-23(2)15-9-14-11(10-19-21-14)8-16(15)24-17;1-5-6(2,3)4/h4-10H,3H2,1-2H3,(H,19,21);1H3,(H,2,3,4). The molecule has 4 rings (SSSR count). The monoisotopic (exact) mass is 448 g/mol. The number of hydrogen-bond donors (Lipinski definition) is 2. The quantitative estimate of drug-likeness (QED) is 0.207. The zero-order chi connectivity index (χ0) is 21.7. The zero-order valence-electron chi connectivity index (χ0n) is 16.5. The van der Waals surface area contributed by atoms with Crippen LogP contribution in [-0.2, 0) is 21.6 Å². The van der Waals surface area contributed by atoms with Crippen molar-refractivity contribution in [2.45, 2.75) is 6.92 Å². The molecule has 2 heterocycles. The Kier molecular flexibility index (Phi) is 6.72. The lowest BCUT2D eigenvalue weighted by atomic mass is 10.2. The Morgan fingerprint density at radius 1 is 1.27 bits per heavy atom. The van der Waals surface area contributed by atoms with Crippen LogP contribution in [-0.4, -0.2) is 36.8 Å². The van der Waals surface area contributed by atoms with E-state index in [1.165, 1.54) is 4.70 Å². The van der Waals surface area contributed by atoms with Gasteiger partial charge >= 0.3 is 5.13 Å². The largest absolute Gasteiger partial charge is 0.726 e. The van der Waals surface area contributed by atoms with Crippen molar-refractivity contribution in [2.24, 2.45) is 17.3 Å². The fourth-order valence-corrected chi connectivity index (χ4v) is 3.61. The van der Waals surface area contributed by atoms with Gasteiger partial charge in [-0.25, -0.2) is 13.0 Å². The predicted octanol–water partition coefficient (Wildman–Crippen LogP) is 3.54.